The number of nitrogens with two attached hydrogens (primary N) is 1. The Balaban J connectivity index is 0.00000242. The molecule has 1 aromatic carbocycles. The molecule has 1 aliphatic heterocycles. The van der Waals surface area contributed by atoms with Crippen LogP contribution in [0.4, 0.5) is 5.69 Å². The molecule has 2 atom stereocenters. The number of aryl methyl sites for hydroxylation is 1. The van der Waals surface area contributed by atoms with Gasteiger partial charge in [0.2, 0.25) is 5.91 Å². The second-order valence-electron chi connectivity index (χ2n) is 6.26. The van der Waals surface area contributed by atoms with Crippen molar-refractivity contribution in [1.82, 2.24) is 4.90 Å². The summed E-state index contributed by atoms with van der Waals surface area (Å²) in [6.45, 7) is 7.55. The summed E-state index contributed by atoms with van der Waals surface area (Å²) < 4.78 is 0. The first-order valence-corrected chi connectivity index (χ1v) is 7.85. The lowest BCUT2D eigenvalue weighted by atomic mass is 9.99. The SMILES string of the molecule is Cc1cccc(NC2CCN(C(=O)C(C)C(C)N)CC2)c1.Cl.Cl. The molecule has 1 heterocycles. The molecular formula is C17H29Cl2N3O. The number of carbonyl (C=O) groups is 1. The van der Waals surface area contributed by atoms with E-state index >= 15 is 0 Å². The summed E-state index contributed by atoms with van der Waals surface area (Å²) in [6.07, 6.45) is 1.98. The molecule has 0 saturated carbocycles. The van der Waals surface area contributed by atoms with Crippen LogP contribution in [0.5, 0.6) is 0 Å². The van der Waals surface area contributed by atoms with Crippen LogP contribution in [0.2, 0.25) is 0 Å². The molecule has 23 heavy (non-hydrogen) atoms. The molecule has 0 spiro atoms. The maximum Gasteiger partial charge on any atom is 0.226 e. The van der Waals surface area contributed by atoms with Gasteiger partial charge >= 0.3 is 0 Å². The van der Waals surface area contributed by atoms with Gasteiger partial charge in [-0.1, -0.05) is 19.1 Å². The van der Waals surface area contributed by atoms with Gasteiger partial charge in [-0.15, -0.1) is 24.8 Å². The van der Waals surface area contributed by atoms with Crippen LogP contribution in [-0.4, -0.2) is 36.0 Å². The van der Waals surface area contributed by atoms with Crippen molar-refractivity contribution < 1.29 is 4.79 Å². The highest BCUT2D eigenvalue weighted by Gasteiger charge is 2.27. The van der Waals surface area contributed by atoms with E-state index in [1.165, 1.54) is 11.3 Å². The number of hydrogen-bond donors (Lipinski definition) is 2. The number of hydrogen-bond acceptors (Lipinski definition) is 3. The molecule has 1 aromatic rings. The smallest absolute Gasteiger partial charge is 0.226 e. The Bertz CT molecular complexity index is 488. The second kappa shape index (κ2) is 10.0. The number of nitrogens with one attached hydrogen (secondary N) is 1. The number of likely N-dealkylation sites (tertiary alicyclic amines) is 1. The molecular weight excluding hydrogens is 333 g/mol. The molecule has 0 aliphatic carbocycles. The van der Waals surface area contributed by atoms with Gasteiger partial charge in [0.15, 0.2) is 0 Å². The molecule has 1 amide bonds. The van der Waals surface area contributed by atoms with E-state index in [-0.39, 0.29) is 42.7 Å². The van der Waals surface area contributed by atoms with Crippen molar-refractivity contribution in [3.63, 3.8) is 0 Å². The molecule has 3 N–H and O–H groups in total. The van der Waals surface area contributed by atoms with Crippen LogP contribution in [0.25, 0.3) is 0 Å². The number of halogens is 2. The number of amides is 1. The van der Waals surface area contributed by atoms with Crippen LogP contribution in [-0.2, 0) is 4.79 Å². The van der Waals surface area contributed by atoms with Crippen molar-refractivity contribution in [2.24, 2.45) is 11.7 Å². The monoisotopic (exact) mass is 361 g/mol. The average molecular weight is 362 g/mol. The Hall–Kier alpha value is -0.970. The van der Waals surface area contributed by atoms with E-state index in [9.17, 15) is 4.79 Å². The zero-order chi connectivity index (χ0) is 15.4. The van der Waals surface area contributed by atoms with Crippen molar-refractivity contribution in [3.8, 4) is 0 Å². The fraction of sp³-hybridized carbons (Fsp3) is 0.588. The largest absolute Gasteiger partial charge is 0.382 e. The van der Waals surface area contributed by atoms with Crippen LogP contribution in [0, 0.1) is 12.8 Å². The molecule has 1 saturated heterocycles. The lowest BCUT2D eigenvalue weighted by Gasteiger charge is -2.35. The zero-order valence-corrected chi connectivity index (χ0v) is 15.8. The minimum Gasteiger partial charge on any atom is -0.382 e. The lowest BCUT2D eigenvalue weighted by Crippen LogP contribution is -2.47. The zero-order valence-electron chi connectivity index (χ0n) is 14.1. The fourth-order valence-electron chi connectivity index (χ4n) is 2.73. The van der Waals surface area contributed by atoms with Gasteiger partial charge in [-0.05, 0) is 44.4 Å². The third kappa shape index (κ3) is 6.21. The number of nitrogens with zero attached hydrogens (tertiary/aromatic N) is 1. The molecule has 2 unspecified atom stereocenters. The topological polar surface area (TPSA) is 58.4 Å². The number of rotatable bonds is 4. The summed E-state index contributed by atoms with van der Waals surface area (Å²) in [4.78, 5) is 14.2. The van der Waals surface area contributed by atoms with Crippen LogP contribution in [0.15, 0.2) is 24.3 Å². The summed E-state index contributed by atoms with van der Waals surface area (Å²) in [6, 6.07) is 8.79. The summed E-state index contributed by atoms with van der Waals surface area (Å²) in [7, 11) is 0. The molecule has 0 aromatic heterocycles. The molecule has 4 nitrogen and oxygen atoms in total. The Morgan fingerprint density at radius 2 is 1.87 bits per heavy atom. The van der Waals surface area contributed by atoms with Crippen molar-refractivity contribution in [1.29, 1.82) is 0 Å². The van der Waals surface area contributed by atoms with Gasteiger partial charge in [-0.25, -0.2) is 0 Å². The molecule has 0 bridgehead atoms. The van der Waals surface area contributed by atoms with Crippen molar-refractivity contribution in [3.05, 3.63) is 29.8 Å². The Morgan fingerprint density at radius 3 is 2.39 bits per heavy atom. The molecule has 132 valence electrons. The lowest BCUT2D eigenvalue weighted by molar-refractivity contribution is -0.136. The number of benzene rings is 1. The summed E-state index contributed by atoms with van der Waals surface area (Å²) in [5.74, 6) is 0.102. The summed E-state index contributed by atoms with van der Waals surface area (Å²) in [5, 5.41) is 3.57. The predicted octanol–water partition coefficient (Wildman–Crippen LogP) is 3.22. The van der Waals surface area contributed by atoms with Crippen molar-refractivity contribution >= 4 is 36.4 Å². The van der Waals surface area contributed by atoms with E-state index in [2.05, 4.69) is 36.5 Å². The van der Waals surface area contributed by atoms with Gasteiger partial charge in [-0.3, -0.25) is 4.79 Å². The van der Waals surface area contributed by atoms with E-state index < -0.39 is 0 Å². The number of anilines is 1. The van der Waals surface area contributed by atoms with Gasteiger partial charge in [0.25, 0.3) is 0 Å². The molecule has 0 radical (unpaired) electrons. The van der Waals surface area contributed by atoms with Gasteiger partial charge in [0.05, 0.1) is 5.92 Å². The normalized spacial score (nSPS) is 17.5. The van der Waals surface area contributed by atoms with Crippen molar-refractivity contribution in [2.75, 3.05) is 18.4 Å². The minimum atomic E-state index is -0.0914. The predicted molar refractivity (Wildman–Crippen MR) is 102 cm³/mol. The third-order valence-electron chi connectivity index (χ3n) is 4.37. The highest BCUT2D eigenvalue weighted by Crippen LogP contribution is 2.19. The molecule has 1 fully saturated rings. The summed E-state index contributed by atoms with van der Waals surface area (Å²) >= 11 is 0. The molecule has 6 heteroatoms. The fourth-order valence-corrected chi connectivity index (χ4v) is 2.73. The maximum absolute atomic E-state index is 12.3. The number of piperidine rings is 1. The number of carbonyl (C=O) groups excluding carboxylic acids is 1. The minimum absolute atomic E-state index is 0. The van der Waals surface area contributed by atoms with E-state index in [0.717, 1.165) is 25.9 Å². The van der Waals surface area contributed by atoms with Gasteiger partial charge in [0, 0.05) is 30.9 Å². The van der Waals surface area contributed by atoms with E-state index in [1.54, 1.807) is 0 Å². The first-order chi connectivity index (χ1) is 9.97. The van der Waals surface area contributed by atoms with Crippen LogP contribution >= 0.6 is 24.8 Å². The van der Waals surface area contributed by atoms with E-state index in [1.807, 2.05) is 18.7 Å². The summed E-state index contributed by atoms with van der Waals surface area (Å²) in [5.41, 5.74) is 8.26. The first-order valence-electron chi connectivity index (χ1n) is 7.85. The van der Waals surface area contributed by atoms with Gasteiger partial charge in [-0.2, -0.15) is 0 Å². The van der Waals surface area contributed by atoms with Crippen LogP contribution in [0.3, 0.4) is 0 Å². The van der Waals surface area contributed by atoms with Crippen molar-refractivity contribution in [2.45, 2.75) is 45.7 Å². The molecule has 1 aliphatic rings. The van der Waals surface area contributed by atoms with Gasteiger partial charge < -0.3 is 16.0 Å². The average Bonchev–Trinajstić information content (AvgIpc) is 2.46. The Labute approximate surface area is 152 Å². The molecule has 2 rings (SSSR count). The van der Waals surface area contributed by atoms with Crippen LogP contribution < -0.4 is 11.1 Å². The standard InChI is InChI=1S/C17H27N3O.2ClH/c1-12-5-4-6-16(11-12)19-15-7-9-20(10-8-15)17(21)13(2)14(3)18;;/h4-6,11,13-15,19H,7-10,18H2,1-3H3;2*1H. The quantitative estimate of drug-likeness (QED) is 0.865. The Morgan fingerprint density at radius 1 is 1.26 bits per heavy atom. The van der Waals surface area contributed by atoms with Gasteiger partial charge in [0.1, 0.15) is 0 Å². The first kappa shape index (κ1) is 22.0. The maximum atomic E-state index is 12.3. The Kier molecular flexibility index (Phi) is 9.59. The second-order valence-corrected chi connectivity index (χ2v) is 6.26. The highest BCUT2D eigenvalue weighted by atomic mass is 35.5. The van der Waals surface area contributed by atoms with Crippen LogP contribution in [0.1, 0.15) is 32.3 Å². The van der Waals surface area contributed by atoms with E-state index in [4.69, 9.17) is 5.73 Å². The highest BCUT2D eigenvalue weighted by molar-refractivity contribution is 5.85. The third-order valence-corrected chi connectivity index (χ3v) is 4.37. The van der Waals surface area contributed by atoms with E-state index in [0.29, 0.717) is 6.04 Å².